The average molecular weight is 308 g/mol. The minimum Gasteiger partial charge on any atom is -0.394 e. The number of benzene rings is 1. The Bertz CT molecular complexity index is 735. The van der Waals surface area contributed by atoms with Crippen LogP contribution in [0, 0.1) is 0 Å². The van der Waals surface area contributed by atoms with Crippen LogP contribution in [-0.2, 0) is 13.0 Å². The molecule has 5 N–H and O–H groups in total. The van der Waals surface area contributed by atoms with Crippen LogP contribution >= 0.6 is 12.4 Å². The van der Waals surface area contributed by atoms with Crippen molar-refractivity contribution < 1.29 is 0 Å². The number of hydrogen-bond acceptors (Lipinski definition) is 5. The molecule has 0 fully saturated rings. The van der Waals surface area contributed by atoms with E-state index in [9.17, 15) is 9.59 Å². The molecule has 1 aliphatic rings. The van der Waals surface area contributed by atoms with Crippen LogP contribution in [0.4, 0.5) is 11.4 Å². The largest absolute Gasteiger partial charge is 0.394 e. The number of nitrogens with two attached hydrogens (primary N) is 2. The fourth-order valence-electron chi connectivity index (χ4n) is 2.85. The van der Waals surface area contributed by atoms with Crippen LogP contribution in [-0.4, -0.2) is 0 Å². The summed E-state index contributed by atoms with van der Waals surface area (Å²) >= 11 is 0. The van der Waals surface area contributed by atoms with Crippen LogP contribution in [0.2, 0.25) is 0 Å². The normalized spacial score (nSPS) is 17.1. The molecule has 2 aromatic carbocycles. The molecule has 0 saturated heterocycles. The quantitative estimate of drug-likeness (QED) is 0.741. The molecule has 1 aliphatic carbocycles. The maximum atomic E-state index is 11.5. The summed E-state index contributed by atoms with van der Waals surface area (Å²) in [6.45, 7) is 0.488. The van der Waals surface area contributed by atoms with Gasteiger partial charge in [0, 0.05) is 6.54 Å². The Morgan fingerprint density at radius 2 is 2.00 bits per heavy atom. The number of halogens is 1. The predicted octanol–water partition coefficient (Wildman–Crippen LogP) is 1.23. The standard InChI is InChI=1S/C15H17N3O2.ClH/c16-7-8-4-5-9-2-1-3-11(10(9)6-8)18-13-12(17)14(19)15(13)20;/h4-6,11,18H,1-3,7,16-17H2;1H. The smallest absolute Gasteiger partial charge is 0.253 e. The average Bonchev–Trinajstić information content (AvgIpc) is 2.51. The third kappa shape index (κ3) is 2.54. The van der Waals surface area contributed by atoms with Gasteiger partial charge >= 0.3 is 0 Å². The molecule has 21 heavy (non-hydrogen) atoms. The van der Waals surface area contributed by atoms with E-state index in [0.29, 0.717) is 6.54 Å². The van der Waals surface area contributed by atoms with Gasteiger partial charge < -0.3 is 16.8 Å². The fourth-order valence-corrected chi connectivity index (χ4v) is 2.85. The molecule has 112 valence electrons. The van der Waals surface area contributed by atoms with Gasteiger partial charge in [-0.25, -0.2) is 0 Å². The summed E-state index contributed by atoms with van der Waals surface area (Å²) in [5, 5.41) is 3.14. The third-order valence-electron chi connectivity index (χ3n) is 4.03. The van der Waals surface area contributed by atoms with Crippen molar-refractivity contribution in [1.82, 2.24) is 0 Å². The lowest BCUT2D eigenvalue weighted by Crippen LogP contribution is -2.38. The number of aryl methyl sites for hydroxylation is 1. The Morgan fingerprint density at radius 3 is 2.67 bits per heavy atom. The maximum absolute atomic E-state index is 11.5. The van der Waals surface area contributed by atoms with E-state index in [2.05, 4.69) is 17.4 Å². The zero-order valence-corrected chi connectivity index (χ0v) is 12.3. The first-order valence-corrected chi connectivity index (χ1v) is 6.79. The van der Waals surface area contributed by atoms with E-state index in [1.807, 2.05) is 6.07 Å². The van der Waals surface area contributed by atoms with E-state index >= 15 is 0 Å². The lowest BCUT2D eigenvalue weighted by atomic mass is 9.86. The van der Waals surface area contributed by atoms with Gasteiger partial charge in [0.05, 0.1) is 6.04 Å². The monoisotopic (exact) mass is 307 g/mol. The second-order valence-electron chi connectivity index (χ2n) is 5.27. The van der Waals surface area contributed by atoms with Crippen molar-refractivity contribution in [3.8, 4) is 0 Å². The zero-order chi connectivity index (χ0) is 14.3. The first-order chi connectivity index (χ1) is 9.61. The minimum absolute atomic E-state index is 0. The van der Waals surface area contributed by atoms with Crippen molar-refractivity contribution in [3.05, 3.63) is 55.3 Å². The van der Waals surface area contributed by atoms with E-state index in [1.165, 1.54) is 5.56 Å². The second-order valence-corrected chi connectivity index (χ2v) is 5.27. The van der Waals surface area contributed by atoms with E-state index < -0.39 is 10.9 Å². The van der Waals surface area contributed by atoms with Gasteiger partial charge in [-0.05, 0) is 36.0 Å². The second kappa shape index (κ2) is 5.87. The molecule has 0 radical (unpaired) electrons. The van der Waals surface area contributed by atoms with Crippen molar-refractivity contribution >= 4 is 23.8 Å². The van der Waals surface area contributed by atoms with Gasteiger partial charge in [0.25, 0.3) is 10.9 Å². The highest BCUT2D eigenvalue weighted by Gasteiger charge is 2.25. The topological polar surface area (TPSA) is 98.2 Å². The van der Waals surface area contributed by atoms with E-state index in [1.54, 1.807) is 0 Å². The van der Waals surface area contributed by atoms with Crippen LogP contribution in [0.5, 0.6) is 0 Å². The summed E-state index contributed by atoms with van der Waals surface area (Å²) in [7, 11) is 0. The molecule has 6 heteroatoms. The summed E-state index contributed by atoms with van der Waals surface area (Å²) in [6.07, 6.45) is 2.99. The number of nitrogens with one attached hydrogen (secondary N) is 1. The molecule has 0 aliphatic heterocycles. The van der Waals surface area contributed by atoms with Gasteiger partial charge in [-0.1, -0.05) is 18.2 Å². The van der Waals surface area contributed by atoms with Crippen LogP contribution in [0.3, 0.4) is 0 Å². The molecule has 1 atom stereocenters. The highest BCUT2D eigenvalue weighted by molar-refractivity contribution is 5.85. The first-order valence-electron chi connectivity index (χ1n) is 6.79. The molecule has 0 spiro atoms. The number of fused-ring (bicyclic) bond motifs is 1. The Morgan fingerprint density at radius 1 is 1.24 bits per heavy atom. The highest BCUT2D eigenvalue weighted by atomic mass is 35.5. The van der Waals surface area contributed by atoms with E-state index in [4.69, 9.17) is 11.5 Å². The molecule has 2 aromatic rings. The van der Waals surface area contributed by atoms with Crippen molar-refractivity contribution in [2.75, 3.05) is 11.1 Å². The number of nitrogen functional groups attached to an aromatic ring is 1. The summed E-state index contributed by atoms with van der Waals surface area (Å²) in [4.78, 5) is 22.7. The summed E-state index contributed by atoms with van der Waals surface area (Å²) in [6, 6.07) is 6.23. The molecular formula is C15H18ClN3O2. The third-order valence-corrected chi connectivity index (χ3v) is 4.03. The Labute approximate surface area is 128 Å². The molecule has 0 aromatic heterocycles. The Kier molecular flexibility index (Phi) is 4.34. The molecule has 0 bridgehead atoms. The lowest BCUT2D eigenvalue weighted by molar-refractivity contribution is 0.598. The van der Waals surface area contributed by atoms with Crippen molar-refractivity contribution in [1.29, 1.82) is 0 Å². The van der Waals surface area contributed by atoms with Gasteiger partial charge in [0.1, 0.15) is 11.4 Å². The Hall–Kier alpha value is -1.85. The van der Waals surface area contributed by atoms with Crippen LogP contribution in [0.15, 0.2) is 27.8 Å². The first kappa shape index (κ1) is 15.5. The van der Waals surface area contributed by atoms with Gasteiger partial charge in [-0.2, -0.15) is 0 Å². The van der Waals surface area contributed by atoms with Gasteiger partial charge in [0.2, 0.25) is 0 Å². The number of hydrogen-bond donors (Lipinski definition) is 3. The van der Waals surface area contributed by atoms with Gasteiger partial charge in [0.15, 0.2) is 0 Å². The predicted molar refractivity (Wildman–Crippen MR) is 86.6 cm³/mol. The molecule has 0 amide bonds. The maximum Gasteiger partial charge on any atom is 0.253 e. The lowest BCUT2D eigenvalue weighted by Gasteiger charge is -2.28. The van der Waals surface area contributed by atoms with Crippen LogP contribution < -0.4 is 27.6 Å². The number of rotatable bonds is 3. The molecule has 1 unspecified atom stereocenters. The number of anilines is 2. The van der Waals surface area contributed by atoms with Crippen molar-refractivity contribution in [2.45, 2.75) is 31.8 Å². The molecule has 5 nitrogen and oxygen atoms in total. The summed E-state index contributed by atoms with van der Waals surface area (Å²) < 4.78 is 0. The molecular weight excluding hydrogens is 290 g/mol. The van der Waals surface area contributed by atoms with Crippen LogP contribution in [0.1, 0.15) is 35.6 Å². The molecule has 0 heterocycles. The van der Waals surface area contributed by atoms with Crippen molar-refractivity contribution in [2.24, 2.45) is 5.73 Å². The van der Waals surface area contributed by atoms with Crippen molar-refractivity contribution in [3.63, 3.8) is 0 Å². The Balaban J connectivity index is 0.00000161. The summed E-state index contributed by atoms with van der Waals surface area (Å²) in [5.41, 5.74) is 14.0. The van der Waals surface area contributed by atoms with Gasteiger partial charge in [-0.3, -0.25) is 9.59 Å². The zero-order valence-electron chi connectivity index (χ0n) is 11.5. The highest BCUT2D eigenvalue weighted by Crippen LogP contribution is 2.33. The summed E-state index contributed by atoms with van der Waals surface area (Å²) in [5.74, 6) is 0. The molecule has 0 saturated carbocycles. The SMILES string of the molecule is Cl.NCc1ccc2c(c1)C(Nc1c(N)c(=O)c1=O)CCC2. The fraction of sp³-hybridized carbons (Fsp3) is 0.333. The van der Waals surface area contributed by atoms with E-state index in [-0.39, 0.29) is 29.8 Å². The minimum atomic E-state index is -0.584. The van der Waals surface area contributed by atoms with Crippen LogP contribution in [0.25, 0.3) is 0 Å². The van der Waals surface area contributed by atoms with E-state index in [0.717, 1.165) is 30.4 Å². The molecule has 3 rings (SSSR count). The van der Waals surface area contributed by atoms with Gasteiger partial charge in [-0.15, -0.1) is 12.4 Å².